The molecule has 7 heteroatoms. The van der Waals surface area contributed by atoms with Gasteiger partial charge in [-0.3, -0.25) is 14.6 Å². The van der Waals surface area contributed by atoms with Gasteiger partial charge in [-0.15, -0.1) is 0 Å². The molecule has 0 saturated carbocycles. The SMILES string of the molecule is CCCN(Cc1cccn1Cc1ccc(C(=O)NCc2cccnc2)o1)C(=O)CC(C)C. The number of carbonyl (C=O) groups is 2. The van der Waals surface area contributed by atoms with Crippen LogP contribution in [-0.2, 0) is 24.4 Å². The first-order chi connectivity index (χ1) is 15.5. The zero-order valence-electron chi connectivity index (χ0n) is 19.1. The third-order valence-corrected chi connectivity index (χ3v) is 5.09. The molecule has 3 aromatic rings. The average molecular weight is 437 g/mol. The van der Waals surface area contributed by atoms with Crippen LogP contribution >= 0.6 is 0 Å². The summed E-state index contributed by atoms with van der Waals surface area (Å²) in [5.41, 5.74) is 1.96. The molecule has 0 unspecified atom stereocenters. The molecule has 0 atom stereocenters. The smallest absolute Gasteiger partial charge is 0.287 e. The predicted molar refractivity (Wildman–Crippen MR) is 123 cm³/mol. The molecule has 0 saturated heterocycles. The number of carbonyl (C=O) groups excluding carboxylic acids is 2. The fourth-order valence-corrected chi connectivity index (χ4v) is 3.51. The fourth-order valence-electron chi connectivity index (χ4n) is 3.51. The Hall–Kier alpha value is -3.35. The summed E-state index contributed by atoms with van der Waals surface area (Å²) in [4.78, 5) is 31.0. The fraction of sp³-hybridized carbons (Fsp3) is 0.400. The van der Waals surface area contributed by atoms with E-state index in [1.54, 1.807) is 18.5 Å². The van der Waals surface area contributed by atoms with Gasteiger partial charge in [0.2, 0.25) is 5.91 Å². The van der Waals surface area contributed by atoms with Crippen LogP contribution in [0.3, 0.4) is 0 Å². The van der Waals surface area contributed by atoms with Gasteiger partial charge in [-0.2, -0.15) is 0 Å². The number of hydrogen-bond donors (Lipinski definition) is 1. The van der Waals surface area contributed by atoms with Gasteiger partial charge in [0.15, 0.2) is 5.76 Å². The molecular weight excluding hydrogens is 404 g/mol. The molecule has 3 aromatic heterocycles. The maximum atomic E-state index is 12.6. The highest BCUT2D eigenvalue weighted by Gasteiger charge is 2.17. The number of nitrogens with zero attached hydrogens (tertiary/aromatic N) is 3. The summed E-state index contributed by atoms with van der Waals surface area (Å²) in [5.74, 6) is 1.21. The monoisotopic (exact) mass is 436 g/mol. The molecule has 2 amide bonds. The van der Waals surface area contributed by atoms with Crippen LogP contribution in [-0.4, -0.2) is 32.8 Å². The Labute approximate surface area is 189 Å². The van der Waals surface area contributed by atoms with E-state index in [0.717, 1.165) is 24.2 Å². The van der Waals surface area contributed by atoms with Gasteiger partial charge in [-0.25, -0.2) is 0 Å². The molecular formula is C25H32N4O3. The number of aromatic nitrogens is 2. The van der Waals surface area contributed by atoms with E-state index in [9.17, 15) is 9.59 Å². The Balaban J connectivity index is 1.61. The van der Waals surface area contributed by atoms with E-state index in [1.807, 2.05) is 41.4 Å². The standard InChI is InChI=1S/C25H32N4O3/c1-4-12-29(24(30)14-19(2)3)17-21-8-6-13-28(21)18-22-9-10-23(32-22)25(31)27-16-20-7-5-11-26-15-20/h5-11,13,15,19H,4,12,14,16-18H2,1-3H3,(H,27,31). The minimum Gasteiger partial charge on any atom is -0.454 e. The van der Waals surface area contributed by atoms with Crippen LogP contribution in [0.4, 0.5) is 0 Å². The van der Waals surface area contributed by atoms with Crippen molar-refractivity contribution in [3.05, 3.63) is 77.8 Å². The predicted octanol–water partition coefficient (Wildman–Crippen LogP) is 4.24. The van der Waals surface area contributed by atoms with Crippen molar-refractivity contribution in [2.75, 3.05) is 6.54 Å². The highest BCUT2D eigenvalue weighted by atomic mass is 16.4. The summed E-state index contributed by atoms with van der Waals surface area (Å²) in [6.45, 7) is 8.39. The molecule has 7 nitrogen and oxygen atoms in total. The van der Waals surface area contributed by atoms with Crippen LogP contribution in [0, 0.1) is 5.92 Å². The van der Waals surface area contributed by atoms with E-state index < -0.39 is 0 Å². The number of hydrogen-bond acceptors (Lipinski definition) is 4. The molecule has 0 radical (unpaired) electrons. The van der Waals surface area contributed by atoms with Gasteiger partial charge in [-0.1, -0.05) is 26.8 Å². The summed E-state index contributed by atoms with van der Waals surface area (Å²) in [6.07, 6.45) is 6.85. The van der Waals surface area contributed by atoms with Gasteiger partial charge in [0.05, 0.1) is 13.1 Å². The lowest BCUT2D eigenvalue weighted by molar-refractivity contribution is -0.132. The topological polar surface area (TPSA) is 80.4 Å². The van der Waals surface area contributed by atoms with Crippen molar-refractivity contribution in [1.29, 1.82) is 0 Å². The molecule has 32 heavy (non-hydrogen) atoms. The number of pyridine rings is 1. The first kappa shape index (κ1) is 23.3. The summed E-state index contributed by atoms with van der Waals surface area (Å²) >= 11 is 0. The van der Waals surface area contributed by atoms with Gasteiger partial charge < -0.3 is 19.2 Å². The Morgan fingerprint density at radius 1 is 1.19 bits per heavy atom. The second-order valence-electron chi connectivity index (χ2n) is 8.35. The molecule has 0 aliphatic rings. The average Bonchev–Trinajstić information content (AvgIpc) is 3.42. The van der Waals surface area contributed by atoms with E-state index in [2.05, 4.69) is 35.6 Å². The van der Waals surface area contributed by atoms with Crippen molar-refractivity contribution in [1.82, 2.24) is 19.8 Å². The Morgan fingerprint density at radius 2 is 2.03 bits per heavy atom. The normalized spacial score (nSPS) is 11.0. The van der Waals surface area contributed by atoms with Crippen molar-refractivity contribution in [2.45, 2.75) is 53.2 Å². The van der Waals surface area contributed by atoms with E-state index in [0.29, 0.717) is 37.7 Å². The number of rotatable bonds is 11. The highest BCUT2D eigenvalue weighted by molar-refractivity contribution is 5.91. The summed E-state index contributed by atoms with van der Waals surface area (Å²) in [5, 5.41) is 2.84. The number of amides is 2. The van der Waals surface area contributed by atoms with E-state index in [4.69, 9.17) is 4.42 Å². The number of nitrogens with one attached hydrogen (secondary N) is 1. The zero-order valence-corrected chi connectivity index (χ0v) is 19.1. The molecule has 1 N–H and O–H groups in total. The third kappa shape index (κ3) is 6.57. The van der Waals surface area contributed by atoms with E-state index in [-0.39, 0.29) is 17.6 Å². The summed E-state index contributed by atoms with van der Waals surface area (Å²) in [6, 6.07) is 11.2. The highest BCUT2D eigenvalue weighted by Crippen LogP contribution is 2.15. The zero-order chi connectivity index (χ0) is 22.9. The van der Waals surface area contributed by atoms with Crippen molar-refractivity contribution in [3.8, 4) is 0 Å². The lowest BCUT2D eigenvalue weighted by Gasteiger charge is -2.24. The summed E-state index contributed by atoms with van der Waals surface area (Å²) in [7, 11) is 0. The summed E-state index contributed by atoms with van der Waals surface area (Å²) < 4.78 is 7.84. The lowest BCUT2D eigenvalue weighted by Crippen LogP contribution is -2.32. The molecule has 0 fully saturated rings. The van der Waals surface area contributed by atoms with Crippen LogP contribution in [0.25, 0.3) is 0 Å². The molecule has 0 aromatic carbocycles. The van der Waals surface area contributed by atoms with Crippen LogP contribution in [0.1, 0.15) is 61.2 Å². The molecule has 0 spiro atoms. The van der Waals surface area contributed by atoms with Crippen molar-refractivity contribution < 1.29 is 14.0 Å². The maximum absolute atomic E-state index is 12.6. The molecule has 0 aliphatic carbocycles. The maximum Gasteiger partial charge on any atom is 0.287 e. The van der Waals surface area contributed by atoms with Gasteiger partial charge in [0.1, 0.15) is 5.76 Å². The Bertz CT molecular complexity index is 1010. The van der Waals surface area contributed by atoms with Gasteiger partial charge in [0.25, 0.3) is 5.91 Å². The van der Waals surface area contributed by atoms with Crippen molar-refractivity contribution >= 4 is 11.8 Å². The van der Waals surface area contributed by atoms with Gasteiger partial charge >= 0.3 is 0 Å². The first-order valence-electron chi connectivity index (χ1n) is 11.1. The van der Waals surface area contributed by atoms with Crippen LogP contribution in [0.2, 0.25) is 0 Å². The Morgan fingerprint density at radius 3 is 2.75 bits per heavy atom. The van der Waals surface area contributed by atoms with Gasteiger partial charge in [0, 0.05) is 43.8 Å². The molecule has 0 aliphatic heterocycles. The largest absolute Gasteiger partial charge is 0.454 e. The Kier molecular flexibility index (Phi) is 8.25. The third-order valence-electron chi connectivity index (χ3n) is 5.09. The van der Waals surface area contributed by atoms with Crippen molar-refractivity contribution in [2.24, 2.45) is 5.92 Å². The minimum absolute atomic E-state index is 0.181. The molecule has 0 bridgehead atoms. The van der Waals surface area contributed by atoms with E-state index in [1.165, 1.54) is 0 Å². The van der Waals surface area contributed by atoms with E-state index >= 15 is 0 Å². The lowest BCUT2D eigenvalue weighted by atomic mass is 10.1. The molecule has 3 heterocycles. The second-order valence-corrected chi connectivity index (χ2v) is 8.35. The minimum atomic E-state index is -0.263. The van der Waals surface area contributed by atoms with Crippen LogP contribution < -0.4 is 5.32 Å². The second kappa shape index (κ2) is 11.3. The quantitative estimate of drug-likeness (QED) is 0.488. The van der Waals surface area contributed by atoms with Crippen molar-refractivity contribution in [3.63, 3.8) is 0 Å². The van der Waals surface area contributed by atoms with Gasteiger partial charge in [-0.05, 0) is 48.2 Å². The van der Waals surface area contributed by atoms with Crippen LogP contribution in [0.15, 0.2) is 59.4 Å². The molecule has 170 valence electrons. The first-order valence-corrected chi connectivity index (χ1v) is 11.1. The van der Waals surface area contributed by atoms with Crippen LogP contribution in [0.5, 0.6) is 0 Å². The molecule has 3 rings (SSSR count). The number of furan rings is 1.